The molecule has 3 nitrogen and oxygen atoms in total. The number of hydrogen-bond acceptors (Lipinski definition) is 2. The van der Waals surface area contributed by atoms with Crippen molar-refractivity contribution in [2.45, 2.75) is 27.2 Å². The van der Waals surface area contributed by atoms with Gasteiger partial charge in [-0.15, -0.1) is 0 Å². The highest BCUT2D eigenvalue weighted by atomic mass is 79.9. The maximum absolute atomic E-state index is 12.1. The number of pyridine rings is 1. The lowest BCUT2D eigenvalue weighted by Crippen LogP contribution is -2.16. The molecule has 0 fully saturated rings. The van der Waals surface area contributed by atoms with Crippen LogP contribution in [-0.4, -0.2) is 10.9 Å². The number of carbonyl (C=O) groups is 1. The lowest BCUT2D eigenvalue weighted by atomic mass is 9.97. The number of halogens is 1. The van der Waals surface area contributed by atoms with Crippen molar-refractivity contribution in [1.29, 1.82) is 0 Å². The molecule has 0 unspecified atom stereocenters. The molecule has 0 aliphatic carbocycles. The predicted molar refractivity (Wildman–Crippen MR) is 84.9 cm³/mol. The Hall–Kier alpha value is -1.68. The van der Waals surface area contributed by atoms with Crippen LogP contribution in [0.25, 0.3) is 0 Å². The molecular weight excluding hydrogens is 316 g/mol. The summed E-state index contributed by atoms with van der Waals surface area (Å²) in [6.07, 6.45) is 2.02. The van der Waals surface area contributed by atoms with E-state index in [0.717, 1.165) is 10.0 Å². The van der Waals surface area contributed by atoms with Crippen LogP contribution in [-0.2, 0) is 11.2 Å². The van der Waals surface area contributed by atoms with Gasteiger partial charge < -0.3 is 5.32 Å². The Bertz CT molecular complexity index is 653. The van der Waals surface area contributed by atoms with Crippen LogP contribution < -0.4 is 5.32 Å². The number of anilines is 1. The summed E-state index contributed by atoms with van der Waals surface area (Å²) in [5.74, 6) is 0.507. The summed E-state index contributed by atoms with van der Waals surface area (Å²) in [5, 5.41) is 2.81. The van der Waals surface area contributed by atoms with Crippen LogP contribution in [0, 0.1) is 20.8 Å². The van der Waals surface area contributed by atoms with E-state index in [1.165, 1.54) is 16.7 Å². The molecule has 0 aliphatic rings. The van der Waals surface area contributed by atoms with Crippen molar-refractivity contribution in [2.75, 3.05) is 5.32 Å². The minimum Gasteiger partial charge on any atom is -0.310 e. The van der Waals surface area contributed by atoms with E-state index in [1.54, 1.807) is 12.3 Å². The fraction of sp³-hybridized carbons (Fsp3) is 0.250. The molecule has 0 atom stereocenters. The van der Waals surface area contributed by atoms with Crippen LogP contribution in [0.2, 0.25) is 0 Å². The van der Waals surface area contributed by atoms with Crippen molar-refractivity contribution < 1.29 is 4.79 Å². The van der Waals surface area contributed by atoms with E-state index < -0.39 is 0 Å². The summed E-state index contributed by atoms with van der Waals surface area (Å²) < 4.78 is 0.894. The van der Waals surface area contributed by atoms with Crippen LogP contribution in [0.5, 0.6) is 0 Å². The van der Waals surface area contributed by atoms with Crippen LogP contribution in [0.15, 0.2) is 34.9 Å². The van der Waals surface area contributed by atoms with Gasteiger partial charge in [0.25, 0.3) is 0 Å². The largest absolute Gasteiger partial charge is 0.310 e. The van der Waals surface area contributed by atoms with Crippen molar-refractivity contribution in [3.05, 3.63) is 57.2 Å². The summed E-state index contributed by atoms with van der Waals surface area (Å²) in [6, 6.07) is 7.68. The molecule has 2 rings (SSSR count). The molecule has 1 amide bonds. The summed E-state index contributed by atoms with van der Waals surface area (Å²) in [6.45, 7) is 6.22. The smallest absolute Gasteiger partial charge is 0.229 e. The van der Waals surface area contributed by atoms with Gasteiger partial charge in [-0.2, -0.15) is 0 Å². The van der Waals surface area contributed by atoms with E-state index in [0.29, 0.717) is 12.2 Å². The van der Waals surface area contributed by atoms with Gasteiger partial charge >= 0.3 is 0 Å². The van der Waals surface area contributed by atoms with E-state index in [2.05, 4.69) is 53.1 Å². The number of carbonyl (C=O) groups excluding carboxylic acids is 1. The molecular formula is C16H17BrN2O. The van der Waals surface area contributed by atoms with Gasteiger partial charge in [0.15, 0.2) is 0 Å². The van der Waals surface area contributed by atoms with Gasteiger partial charge in [-0.25, -0.2) is 4.98 Å². The van der Waals surface area contributed by atoms with Crippen LogP contribution in [0.4, 0.5) is 5.82 Å². The maximum Gasteiger partial charge on any atom is 0.229 e. The zero-order valence-electron chi connectivity index (χ0n) is 11.8. The number of nitrogens with zero attached hydrogens (tertiary/aromatic N) is 1. The average molecular weight is 333 g/mol. The average Bonchev–Trinajstić information content (AvgIpc) is 2.39. The predicted octanol–water partition coefficient (Wildman–Crippen LogP) is 3.95. The molecule has 1 aromatic carbocycles. The zero-order valence-corrected chi connectivity index (χ0v) is 13.4. The molecule has 0 saturated heterocycles. The van der Waals surface area contributed by atoms with Crippen molar-refractivity contribution >= 4 is 27.7 Å². The number of nitrogens with one attached hydrogen (secondary N) is 1. The second-order valence-corrected chi connectivity index (χ2v) is 5.79. The normalized spacial score (nSPS) is 10.4. The van der Waals surface area contributed by atoms with Gasteiger partial charge in [-0.1, -0.05) is 28.1 Å². The molecule has 0 saturated carbocycles. The Morgan fingerprint density at radius 3 is 2.65 bits per heavy atom. The van der Waals surface area contributed by atoms with Gasteiger partial charge in [-0.3, -0.25) is 4.79 Å². The van der Waals surface area contributed by atoms with Gasteiger partial charge in [-0.05, 0) is 55.2 Å². The number of aromatic nitrogens is 1. The molecule has 104 valence electrons. The quantitative estimate of drug-likeness (QED) is 0.924. The third-order valence-electron chi connectivity index (χ3n) is 3.51. The van der Waals surface area contributed by atoms with Crippen molar-refractivity contribution in [3.63, 3.8) is 0 Å². The summed E-state index contributed by atoms with van der Waals surface area (Å²) in [4.78, 5) is 16.2. The van der Waals surface area contributed by atoms with Gasteiger partial charge in [0.2, 0.25) is 5.91 Å². The number of aryl methyl sites for hydroxylation is 1. The maximum atomic E-state index is 12.1. The van der Waals surface area contributed by atoms with Crippen molar-refractivity contribution in [1.82, 2.24) is 4.98 Å². The van der Waals surface area contributed by atoms with Gasteiger partial charge in [0.05, 0.1) is 6.42 Å². The Kier molecular flexibility index (Phi) is 4.55. The molecule has 1 aromatic heterocycles. The molecule has 2 aromatic rings. The molecule has 1 N–H and O–H groups in total. The molecule has 0 spiro atoms. The van der Waals surface area contributed by atoms with Crippen LogP contribution >= 0.6 is 15.9 Å². The molecule has 0 aliphatic heterocycles. The minimum atomic E-state index is -0.0537. The number of benzene rings is 1. The third-order valence-corrected chi connectivity index (χ3v) is 4.00. The Balaban J connectivity index is 2.11. The van der Waals surface area contributed by atoms with E-state index in [9.17, 15) is 4.79 Å². The lowest BCUT2D eigenvalue weighted by Gasteiger charge is -2.11. The molecule has 20 heavy (non-hydrogen) atoms. The highest BCUT2D eigenvalue weighted by Crippen LogP contribution is 2.18. The van der Waals surface area contributed by atoms with E-state index in [1.807, 2.05) is 12.1 Å². The monoisotopic (exact) mass is 332 g/mol. The van der Waals surface area contributed by atoms with Crippen LogP contribution in [0.3, 0.4) is 0 Å². The summed E-state index contributed by atoms with van der Waals surface area (Å²) >= 11 is 3.36. The second-order valence-electron chi connectivity index (χ2n) is 4.88. The standard InChI is InChI=1S/C16H17BrN2O/c1-10-4-5-13(12(3)11(10)2)8-16(20)19-15-9-14(17)6-7-18-15/h4-7,9H,8H2,1-3H3,(H,18,19,20). The Morgan fingerprint density at radius 2 is 1.95 bits per heavy atom. The summed E-state index contributed by atoms with van der Waals surface area (Å²) in [5.41, 5.74) is 4.74. The highest BCUT2D eigenvalue weighted by molar-refractivity contribution is 9.10. The SMILES string of the molecule is Cc1ccc(CC(=O)Nc2cc(Br)ccn2)c(C)c1C. The Labute approximate surface area is 127 Å². The second kappa shape index (κ2) is 6.18. The lowest BCUT2D eigenvalue weighted by molar-refractivity contribution is -0.115. The van der Waals surface area contributed by atoms with E-state index in [-0.39, 0.29) is 5.91 Å². The Morgan fingerprint density at radius 1 is 1.20 bits per heavy atom. The third kappa shape index (κ3) is 3.45. The first kappa shape index (κ1) is 14.7. The van der Waals surface area contributed by atoms with E-state index >= 15 is 0 Å². The van der Waals surface area contributed by atoms with Gasteiger partial charge in [0.1, 0.15) is 5.82 Å². The molecule has 0 radical (unpaired) electrons. The summed E-state index contributed by atoms with van der Waals surface area (Å²) in [7, 11) is 0. The topological polar surface area (TPSA) is 42.0 Å². The van der Waals surface area contributed by atoms with Crippen molar-refractivity contribution in [3.8, 4) is 0 Å². The fourth-order valence-corrected chi connectivity index (χ4v) is 2.37. The fourth-order valence-electron chi connectivity index (χ4n) is 2.04. The highest BCUT2D eigenvalue weighted by Gasteiger charge is 2.09. The number of hydrogen-bond donors (Lipinski definition) is 1. The van der Waals surface area contributed by atoms with Crippen molar-refractivity contribution in [2.24, 2.45) is 0 Å². The first-order valence-corrected chi connectivity index (χ1v) is 7.24. The molecule has 0 bridgehead atoms. The molecule has 4 heteroatoms. The molecule has 1 heterocycles. The first-order chi connectivity index (χ1) is 9.47. The number of rotatable bonds is 3. The first-order valence-electron chi connectivity index (χ1n) is 6.44. The number of amides is 1. The zero-order chi connectivity index (χ0) is 14.7. The van der Waals surface area contributed by atoms with E-state index in [4.69, 9.17) is 0 Å². The minimum absolute atomic E-state index is 0.0537. The van der Waals surface area contributed by atoms with Crippen LogP contribution in [0.1, 0.15) is 22.3 Å². The van der Waals surface area contributed by atoms with Gasteiger partial charge in [0, 0.05) is 10.7 Å².